The van der Waals surface area contributed by atoms with Crippen molar-refractivity contribution < 1.29 is 9.53 Å². The molecule has 0 aromatic carbocycles. The van der Waals surface area contributed by atoms with E-state index in [0.29, 0.717) is 12.3 Å². The summed E-state index contributed by atoms with van der Waals surface area (Å²) in [5.41, 5.74) is 1.82. The Hall–Kier alpha value is -1.66. The van der Waals surface area contributed by atoms with Crippen LogP contribution in [0.25, 0.3) is 10.5 Å². The highest BCUT2D eigenvalue weighted by molar-refractivity contribution is 7.18. The SMILES string of the molecule is CCOC(=O)c1cnc2sc(C3=CCNCC3)cn12. The van der Waals surface area contributed by atoms with Crippen LogP contribution in [0.5, 0.6) is 0 Å². The number of nitrogens with zero attached hydrogens (tertiary/aromatic N) is 2. The highest BCUT2D eigenvalue weighted by Gasteiger charge is 2.17. The van der Waals surface area contributed by atoms with Gasteiger partial charge in [-0.2, -0.15) is 0 Å². The number of nitrogens with one attached hydrogen (secondary N) is 1. The maximum atomic E-state index is 11.8. The molecule has 3 heterocycles. The Kier molecular flexibility index (Phi) is 3.35. The lowest BCUT2D eigenvalue weighted by atomic mass is 10.1. The molecule has 0 saturated carbocycles. The number of imidazole rings is 1. The normalized spacial score (nSPS) is 15.5. The minimum atomic E-state index is -0.321. The molecule has 0 spiro atoms. The molecule has 0 saturated heterocycles. The van der Waals surface area contributed by atoms with Gasteiger partial charge in [-0.05, 0) is 25.5 Å². The molecule has 100 valence electrons. The third-order valence-corrected chi connectivity index (χ3v) is 4.15. The number of fused-ring (bicyclic) bond motifs is 1. The van der Waals surface area contributed by atoms with Gasteiger partial charge in [0.2, 0.25) is 0 Å². The number of carbonyl (C=O) groups excluding carboxylic acids is 1. The average molecular weight is 277 g/mol. The first kappa shape index (κ1) is 12.4. The number of thiazole rings is 1. The van der Waals surface area contributed by atoms with E-state index in [-0.39, 0.29) is 5.97 Å². The fourth-order valence-corrected chi connectivity index (χ4v) is 3.16. The van der Waals surface area contributed by atoms with Crippen LogP contribution < -0.4 is 5.32 Å². The van der Waals surface area contributed by atoms with Crippen LogP contribution in [-0.2, 0) is 4.74 Å². The van der Waals surface area contributed by atoms with E-state index in [0.717, 1.165) is 24.5 Å². The van der Waals surface area contributed by atoms with E-state index in [9.17, 15) is 4.79 Å². The van der Waals surface area contributed by atoms with Crippen LogP contribution in [0.3, 0.4) is 0 Å². The van der Waals surface area contributed by atoms with Crippen LogP contribution in [-0.4, -0.2) is 35.1 Å². The van der Waals surface area contributed by atoms with Gasteiger partial charge in [-0.15, -0.1) is 0 Å². The van der Waals surface area contributed by atoms with E-state index in [2.05, 4.69) is 16.4 Å². The lowest BCUT2D eigenvalue weighted by Gasteiger charge is -2.11. The highest BCUT2D eigenvalue weighted by Crippen LogP contribution is 2.28. The molecule has 0 atom stereocenters. The summed E-state index contributed by atoms with van der Waals surface area (Å²) in [6.07, 6.45) is 6.76. The average Bonchev–Trinajstić information content (AvgIpc) is 2.99. The van der Waals surface area contributed by atoms with Crippen molar-refractivity contribution in [3.8, 4) is 0 Å². The molecule has 1 N–H and O–H groups in total. The van der Waals surface area contributed by atoms with Crippen molar-refractivity contribution in [3.63, 3.8) is 0 Å². The number of hydrogen-bond donors (Lipinski definition) is 1. The molecule has 2 aromatic heterocycles. The van der Waals surface area contributed by atoms with Gasteiger partial charge in [0.1, 0.15) is 0 Å². The quantitative estimate of drug-likeness (QED) is 0.871. The van der Waals surface area contributed by atoms with E-state index in [1.165, 1.54) is 10.5 Å². The second-order valence-electron chi connectivity index (χ2n) is 4.30. The molecule has 6 heteroatoms. The second-order valence-corrected chi connectivity index (χ2v) is 5.30. The van der Waals surface area contributed by atoms with Gasteiger partial charge in [0.25, 0.3) is 0 Å². The molecule has 5 nitrogen and oxygen atoms in total. The monoisotopic (exact) mass is 277 g/mol. The van der Waals surface area contributed by atoms with Crippen molar-refractivity contribution in [2.24, 2.45) is 0 Å². The van der Waals surface area contributed by atoms with E-state index >= 15 is 0 Å². The Bertz CT molecular complexity index is 641. The Morgan fingerprint density at radius 2 is 2.53 bits per heavy atom. The molecule has 0 bridgehead atoms. The third kappa shape index (κ3) is 2.29. The van der Waals surface area contributed by atoms with Crippen molar-refractivity contribution in [2.45, 2.75) is 13.3 Å². The lowest BCUT2D eigenvalue weighted by Crippen LogP contribution is -2.19. The van der Waals surface area contributed by atoms with Gasteiger partial charge in [-0.1, -0.05) is 17.4 Å². The first-order chi connectivity index (χ1) is 9.29. The highest BCUT2D eigenvalue weighted by atomic mass is 32.1. The van der Waals surface area contributed by atoms with Crippen molar-refractivity contribution in [1.29, 1.82) is 0 Å². The fourth-order valence-electron chi connectivity index (χ4n) is 2.14. The van der Waals surface area contributed by atoms with Crippen LogP contribution in [0.1, 0.15) is 28.7 Å². The molecule has 3 rings (SSSR count). The number of carbonyl (C=O) groups is 1. The fraction of sp³-hybridized carbons (Fsp3) is 0.385. The standard InChI is InChI=1S/C13H15N3O2S/c1-2-18-12(17)10-7-15-13-16(10)8-11(19-13)9-3-5-14-6-4-9/h3,7-8,14H,2,4-6H2,1H3. The molecule has 2 aromatic rings. The van der Waals surface area contributed by atoms with Crippen molar-refractivity contribution in [3.05, 3.63) is 29.0 Å². The van der Waals surface area contributed by atoms with Crippen LogP contribution in [0.15, 0.2) is 18.5 Å². The summed E-state index contributed by atoms with van der Waals surface area (Å²) in [4.78, 5) is 18.1. The van der Waals surface area contributed by atoms with Crippen molar-refractivity contribution in [1.82, 2.24) is 14.7 Å². The molecule has 1 aliphatic rings. The van der Waals surface area contributed by atoms with Gasteiger partial charge in [0.15, 0.2) is 10.7 Å². The van der Waals surface area contributed by atoms with Gasteiger partial charge in [0, 0.05) is 12.7 Å². The molecule has 0 amide bonds. The largest absolute Gasteiger partial charge is 0.461 e. The predicted molar refractivity (Wildman–Crippen MR) is 74.5 cm³/mol. The number of ether oxygens (including phenoxy) is 1. The van der Waals surface area contributed by atoms with Crippen LogP contribution in [0.4, 0.5) is 0 Å². The molecule has 19 heavy (non-hydrogen) atoms. The van der Waals surface area contributed by atoms with Gasteiger partial charge in [-0.25, -0.2) is 9.78 Å². The van der Waals surface area contributed by atoms with E-state index < -0.39 is 0 Å². The third-order valence-electron chi connectivity index (χ3n) is 3.08. The maximum Gasteiger partial charge on any atom is 0.356 e. The number of rotatable bonds is 3. The molecule has 0 unspecified atom stereocenters. The van der Waals surface area contributed by atoms with Gasteiger partial charge < -0.3 is 10.1 Å². The van der Waals surface area contributed by atoms with E-state index in [4.69, 9.17) is 4.74 Å². The molecule has 1 aliphatic heterocycles. The summed E-state index contributed by atoms with van der Waals surface area (Å²) in [5, 5.41) is 3.29. The molecule has 0 fully saturated rings. The topological polar surface area (TPSA) is 55.6 Å². The number of aromatic nitrogens is 2. The van der Waals surface area contributed by atoms with Crippen LogP contribution >= 0.6 is 11.3 Å². The minimum absolute atomic E-state index is 0.321. The Balaban J connectivity index is 1.97. The van der Waals surface area contributed by atoms with Crippen LogP contribution in [0.2, 0.25) is 0 Å². The Morgan fingerprint density at radius 1 is 1.63 bits per heavy atom. The zero-order valence-electron chi connectivity index (χ0n) is 10.7. The van der Waals surface area contributed by atoms with Crippen molar-refractivity contribution >= 4 is 27.8 Å². The Labute approximate surface area is 114 Å². The Morgan fingerprint density at radius 3 is 3.26 bits per heavy atom. The van der Waals surface area contributed by atoms with E-state index in [1.807, 2.05) is 10.6 Å². The molecule has 0 aliphatic carbocycles. The lowest BCUT2D eigenvalue weighted by molar-refractivity contribution is 0.0518. The van der Waals surface area contributed by atoms with Gasteiger partial charge >= 0.3 is 5.97 Å². The maximum absolute atomic E-state index is 11.8. The summed E-state index contributed by atoms with van der Waals surface area (Å²) in [6.45, 7) is 4.08. The predicted octanol–water partition coefficient (Wildman–Crippen LogP) is 1.95. The number of hydrogen-bond acceptors (Lipinski definition) is 5. The smallest absolute Gasteiger partial charge is 0.356 e. The van der Waals surface area contributed by atoms with E-state index in [1.54, 1.807) is 24.5 Å². The summed E-state index contributed by atoms with van der Waals surface area (Å²) in [6, 6.07) is 0. The minimum Gasteiger partial charge on any atom is -0.461 e. The molecular formula is C13H15N3O2S. The first-order valence-corrected chi connectivity index (χ1v) is 7.15. The summed E-state index contributed by atoms with van der Waals surface area (Å²) in [7, 11) is 0. The molecule has 0 radical (unpaired) electrons. The molecular weight excluding hydrogens is 262 g/mol. The second kappa shape index (κ2) is 5.14. The summed E-state index contributed by atoms with van der Waals surface area (Å²) in [5.74, 6) is -0.321. The van der Waals surface area contributed by atoms with Crippen LogP contribution in [0, 0.1) is 0 Å². The summed E-state index contributed by atoms with van der Waals surface area (Å²) >= 11 is 1.61. The first-order valence-electron chi connectivity index (χ1n) is 6.33. The number of esters is 1. The zero-order valence-corrected chi connectivity index (χ0v) is 11.5. The van der Waals surface area contributed by atoms with Crippen molar-refractivity contribution in [2.75, 3.05) is 19.7 Å². The summed E-state index contributed by atoms with van der Waals surface area (Å²) < 4.78 is 6.85. The van der Waals surface area contributed by atoms with Gasteiger partial charge in [0.05, 0.1) is 17.7 Å². The zero-order chi connectivity index (χ0) is 13.2. The van der Waals surface area contributed by atoms with Gasteiger partial charge in [-0.3, -0.25) is 4.40 Å².